The van der Waals surface area contributed by atoms with Crippen LogP contribution < -0.4 is 15.4 Å². The molecule has 0 radical (unpaired) electrons. The largest absolute Gasteiger partial charge is 0.491 e. The van der Waals surface area contributed by atoms with Gasteiger partial charge in [-0.05, 0) is 24.6 Å². The van der Waals surface area contributed by atoms with Crippen LogP contribution in [0.25, 0.3) is 0 Å². The van der Waals surface area contributed by atoms with Crippen LogP contribution >= 0.6 is 0 Å². The Labute approximate surface area is 106 Å². The molecule has 0 bridgehead atoms. The van der Waals surface area contributed by atoms with Crippen LogP contribution in [-0.4, -0.2) is 31.2 Å². The van der Waals surface area contributed by atoms with Gasteiger partial charge in [0.15, 0.2) is 0 Å². The molecule has 2 rings (SSSR count). The highest BCUT2D eigenvalue weighted by atomic mass is 16.5. The van der Waals surface area contributed by atoms with E-state index in [1.54, 1.807) is 37.1 Å². The molecule has 0 fully saturated rings. The van der Waals surface area contributed by atoms with Crippen molar-refractivity contribution in [3.05, 3.63) is 23.8 Å². The van der Waals surface area contributed by atoms with E-state index in [1.807, 2.05) is 0 Å². The SMILES string of the molecule is CN1C(=O)CCOc2ccc(C(C)(O)CN)cc21. The van der Waals surface area contributed by atoms with Crippen molar-refractivity contribution in [1.29, 1.82) is 0 Å². The van der Waals surface area contributed by atoms with Crippen molar-refractivity contribution in [2.75, 3.05) is 25.1 Å². The van der Waals surface area contributed by atoms with E-state index < -0.39 is 5.60 Å². The maximum atomic E-state index is 11.8. The first kappa shape index (κ1) is 12.9. The highest BCUT2D eigenvalue weighted by Crippen LogP contribution is 2.34. The van der Waals surface area contributed by atoms with Gasteiger partial charge < -0.3 is 20.5 Å². The summed E-state index contributed by atoms with van der Waals surface area (Å²) >= 11 is 0. The van der Waals surface area contributed by atoms with E-state index in [-0.39, 0.29) is 12.5 Å². The van der Waals surface area contributed by atoms with Crippen LogP contribution in [0.3, 0.4) is 0 Å². The highest BCUT2D eigenvalue weighted by molar-refractivity contribution is 5.95. The summed E-state index contributed by atoms with van der Waals surface area (Å²) in [5.74, 6) is 0.651. The average molecular weight is 250 g/mol. The number of aliphatic hydroxyl groups is 1. The third-order valence-electron chi connectivity index (χ3n) is 3.29. The van der Waals surface area contributed by atoms with Crippen molar-refractivity contribution < 1.29 is 14.6 Å². The summed E-state index contributed by atoms with van der Waals surface area (Å²) in [6, 6.07) is 5.30. The van der Waals surface area contributed by atoms with E-state index in [2.05, 4.69) is 0 Å². The van der Waals surface area contributed by atoms with Crippen LogP contribution in [0.4, 0.5) is 5.69 Å². The lowest BCUT2D eigenvalue weighted by atomic mass is 9.95. The molecule has 1 amide bonds. The molecule has 0 spiro atoms. The number of nitrogens with two attached hydrogens (primary N) is 1. The van der Waals surface area contributed by atoms with Crippen LogP contribution in [0.5, 0.6) is 5.75 Å². The Morgan fingerprint density at radius 3 is 2.94 bits per heavy atom. The van der Waals surface area contributed by atoms with Gasteiger partial charge in [0.1, 0.15) is 5.75 Å². The van der Waals surface area contributed by atoms with Gasteiger partial charge in [-0.3, -0.25) is 4.79 Å². The number of hydrogen-bond donors (Lipinski definition) is 2. The van der Waals surface area contributed by atoms with Gasteiger partial charge in [0.25, 0.3) is 0 Å². The summed E-state index contributed by atoms with van der Waals surface area (Å²) in [5, 5.41) is 10.1. The summed E-state index contributed by atoms with van der Waals surface area (Å²) in [6.07, 6.45) is 0.355. The molecule has 1 atom stereocenters. The molecular formula is C13H18N2O3. The summed E-state index contributed by atoms with van der Waals surface area (Å²) in [5.41, 5.74) is 5.78. The number of amides is 1. The van der Waals surface area contributed by atoms with E-state index in [0.29, 0.717) is 30.0 Å². The Hall–Kier alpha value is -1.59. The maximum Gasteiger partial charge on any atom is 0.230 e. The van der Waals surface area contributed by atoms with E-state index >= 15 is 0 Å². The zero-order valence-electron chi connectivity index (χ0n) is 10.6. The predicted octanol–water partition coefficient (Wildman–Crippen LogP) is 0.598. The van der Waals surface area contributed by atoms with Crippen LogP contribution in [0.2, 0.25) is 0 Å². The number of fused-ring (bicyclic) bond motifs is 1. The fourth-order valence-electron chi connectivity index (χ4n) is 1.90. The molecule has 0 aromatic heterocycles. The van der Waals surface area contributed by atoms with Crippen LogP contribution in [0.1, 0.15) is 18.9 Å². The Balaban J connectivity index is 2.47. The number of ether oxygens (including phenoxy) is 1. The molecule has 1 unspecified atom stereocenters. The maximum absolute atomic E-state index is 11.8. The van der Waals surface area contributed by atoms with Crippen molar-refractivity contribution >= 4 is 11.6 Å². The van der Waals surface area contributed by atoms with Gasteiger partial charge in [0.2, 0.25) is 5.91 Å². The lowest BCUT2D eigenvalue weighted by Gasteiger charge is -2.24. The van der Waals surface area contributed by atoms with Crippen molar-refractivity contribution in [1.82, 2.24) is 0 Å². The summed E-state index contributed by atoms with van der Waals surface area (Å²) in [4.78, 5) is 13.3. The fraction of sp³-hybridized carbons (Fsp3) is 0.462. The van der Waals surface area contributed by atoms with Crippen molar-refractivity contribution in [2.24, 2.45) is 5.73 Å². The third-order valence-corrected chi connectivity index (χ3v) is 3.29. The van der Waals surface area contributed by atoms with E-state index in [9.17, 15) is 9.90 Å². The first-order valence-electron chi connectivity index (χ1n) is 5.92. The number of hydrogen-bond acceptors (Lipinski definition) is 4. The molecule has 1 aromatic carbocycles. The number of benzene rings is 1. The molecular weight excluding hydrogens is 232 g/mol. The number of anilines is 1. The van der Waals surface area contributed by atoms with Gasteiger partial charge in [-0.1, -0.05) is 6.07 Å². The Morgan fingerprint density at radius 2 is 2.28 bits per heavy atom. The molecule has 0 saturated carbocycles. The standard InChI is InChI=1S/C13H18N2O3/c1-13(17,8-14)9-3-4-11-10(7-9)15(2)12(16)5-6-18-11/h3-4,7,17H,5-6,8,14H2,1-2H3. The van der Waals surface area contributed by atoms with Gasteiger partial charge in [0.05, 0.1) is 24.3 Å². The zero-order chi connectivity index (χ0) is 13.3. The number of nitrogens with zero attached hydrogens (tertiary/aromatic N) is 1. The summed E-state index contributed by atoms with van der Waals surface area (Å²) in [7, 11) is 1.71. The normalized spacial score (nSPS) is 18.7. The zero-order valence-corrected chi connectivity index (χ0v) is 10.6. The van der Waals surface area contributed by atoms with E-state index in [1.165, 1.54) is 0 Å². The Morgan fingerprint density at radius 1 is 1.56 bits per heavy atom. The first-order chi connectivity index (χ1) is 8.45. The second-order valence-corrected chi connectivity index (χ2v) is 4.71. The molecule has 3 N–H and O–H groups in total. The van der Waals surface area contributed by atoms with Gasteiger partial charge in [-0.25, -0.2) is 0 Å². The molecule has 5 heteroatoms. The quantitative estimate of drug-likeness (QED) is 0.806. The fourth-order valence-corrected chi connectivity index (χ4v) is 1.90. The summed E-state index contributed by atoms with van der Waals surface area (Å²) in [6.45, 7) is 2.14. The highest BCUT2D eigenvalue weighted by Gasteiger charge is 2.25. The Bertz CT molecular complexity index is 471. The molecule has 1 heterocycles. The predicted molar refractivity (Wildman–Crippen MR) is 68.6 cm³/mol. The number of carbonyl (C=O) groups is 1. The second kappa shape index (κ2) is 4.59. The molecule has 1 aromatic rings. The first-order valence-corrected chi connectivity index (χ1v) is 5.92. The molecule has 0 aliphatic carbocycles. The van der Waals surface area contributed by atoms with Crippen LogP contribution in [0.15, 0.2) is 18.2 Å². The van der Waals surface area contributed by atoms with Crippen molar-refractivity contribution in [3.63, 3.8) is 0 Å². The van der Waals surface area contributed by atoms with E-state index in [0.717, 1.165) is 0 Å². The van der Waals surface area contributed by atoms with Gasteiger partial charge >= 0.3 is 0 Å². The van der Waals surface area contributed by atoms with Crippen LogP contribution in [0, 0.1) is 0 Å². The summed E-state index contributed by atoms with van der Waals surface area (Å²) < 4.78 is 5.52. The molecule has 5 nitrogen and oxygen atoms in total. The molecule has 0 saturated heterocycles. The minimum atomic E-state index is -1.11. The van der Waals surface area contributed by atoms with Crippen molar-refractivity contribution in [3.8, 4) is 5.75 Å². The van der Waals surface area contributed by atoms with Gasteiger partial charge in [0, 0.05) is 13.6 Å². The number of rotatable bonds is 2. The minimum Gasteiger partial charge on any atom is -0.491 e. The molecule has 18 heavy (non-hydrogen) atoms. The van der Waals surface area contributed by atoms with Gasteiger partial charge in [-0.2, -0.15) is 0 Å². The monoisotopic (exact) mass is 250 g/mol. The Kier molecular flexibility index (Phi) is 3.28. The van der Waals surface area contributed by atoms with Crippen LogP contribution in [-0.2, 0) is 10.4 Å². The molecule has 98 valence electrons. The molecule has 1 aliphatic heterocycles. The minimum absolute atomic E-state index is 0.00158. The topological polar surface area (TPSA) is 75.8 Å². The average Bonchev–Trinajstić information content (AvgIpc) is 2.50. The third kappa shape index (κ3) is 2.19. The van der Waals surface area contributed by atoms with E-state index in [4.69, 9.17) is 10.5 Å². The number of carbonyl (C=O) groups excluding carboxylic acids is 1. The smallest absolute Gasteiger partial charge is 0.230 e. The van der Waals surface area contributed by atoms with Gasteiger partial charge in [-0.15, -0.1) is 0 Å². The molecule has 1 aliphatic rings. The second-order valence-electron chi connectivity index (χ2n) is 4.71. The lowest BCUT2D eigenvalue weighted by molar-refractivity contribution is -0.118. The lowest BCUT2D eigenvalue weighted by Crippen LogP contribution is -2.32. The van der Waals surface area contributed by atoms with Crippen molar-refractivity contribution in [2.45, 2.75) is 18.9 Å².